The summed E-state index contributed by atoms with van der Waals surface area (Å²) >= 11 is 0. The van der Waals surface area contributed by atoms with Gasteiger partial charge in [0.1, 0.15) is 5.69 Å². The van der Waals surface area contributed by atoms with Crippen molar-refractivity contribution in [2.24, 2.45) is 11.8 Å². The summed E-state index contributed by atoms with van der Waals surface area (Å²) in [5.74, 6) is 0.895. The lowest BCUT2D eigenvalue weighted by Gasteiger charge is -2.33. The average molecular weight is 350 g/mol. The fourth-order valence-corrected chi connectivity index (χ4v) is 4.11. The number of nitriles is 1. The number of fused-ring (bicyclic) bond motifs is 1. The molecule has 0 aliphatic heterocycles. The SMILES string of the molecule is N#CC(NC[C@H]1CCCC[C@@H]1NC(=O)c1cc2ccccc2[nH]1)C1CC1. The summed E-state index contributed by atoms with van der Waals surface area (Å²) in [6.07, 6.45) is 6.80. The molecule has 2 aliphatic rings. The topological polar surface area (TPSA) is 80.7 Å². The van der Waals surface area contributed by atoms with Crippen molar-refractivity contribution in [3.05, 3.63) is 36.0 Å². The lowest BCUT2D eigenvalue weighted by atomic mass is 9.84. The number of aromatic nitrogens is 1. The number of aromatic amines is 1. The Hall–Kier alpha value is -2.32. The Balaban J connectivity index is 1.39. The van der Waals surface area contributed by atoms with E-state index < -0.39 is 0 Å². The second kappa shape index (κ2) is 7.51. The summed E-state index contributed by atoms with van der Waals surface area (Å²) in [6.45, 7) is 0.812. The van der Waals surface area contributed by atoms with E-state index in [1.807, 2.05) is 30.3 Å². The summed E-state index contributed by atoms with van der Waals surface area (Å²) < 4.78 is 0. The van der Waals surface area contributed by atoms with Crippen molar-refractivity contribution in [2.75, 3.05) is 6.54 Å². The molecule has 26 heavy (non-hydrogen) atoms. The van der Waals surface area contributed by atoms with Gasteiger partial charge in [-0.3, -0.25) is 4.79 Å². The number of hydrogen-bond acceptors (Lipinski definition) is 3. The Bertz CT molecular complexity index is 784. The van der Waals surface area contributed by atoms with Gasteiger partial charge < -0.3 is 15.6 Å². The number of benzene rings is 1. The monoisotopic (exact) mass is 350 g/mol. The molecule has 5 heteroatoms. The van der Waals surface area contributed by atoms with E-state index >= 15 is 0 Å². The highest BCUT2D eigenvalue weighted by molar-refractivity contribution is 5.98. The van der Waals surface area contributed by atoms with E-state index in [4.69, 9.17) is 0 Å². The van der Waals surface area contributed by atoms with Crippen molar-refractivity contribution in [3.63, 3.8) is 0 Å². The number of nitrogens with zero attached hydrogens (tertiary/aromatic N) is 1. The Morgan fingerprint density at radius 2 is 2.04 bits per heavy atom. The lowest BCUT2D eigenvalue weighted by molar-refractivity contribution is 0.0900. The molecule has 1 aromatic carbocycles. The van der Waals surface area contributed by atoms with Crippen LogP contribution in [0.3, 0.4) is 0 Å². The smallest absolute Gasteiger partial charge is 0.267 e. The number of rotatable bonds is 6. The van der Waals surface area contributed by atoms with Crippen LogP contribution in [0.25, 0.3) is 10.9 Å². The summed E-state index contributed by atoms with van der Waals surface area (Å²) in [5.41, 5.74) is 1.61. The predicted octanol–water partition coefficient (Wildman–Crippen LogP) is 3.35. The maximum Gasteiger partial charge on any atom is 0.267 e. The largest absolute Gasteiger partial charge is 0.351 e. The van der Waals surface area contributed by atoms with Gasteiger partial charge in [-0.2, -0.15) is 5.26 Å². The van der Waals surface area contributed by atoms with Crippen LogP contribution in [-0.2, 0) is 0 Å². The normalized spacial score (nSPS) is 24.1. The molecule has 0 radical (unpaired) electrons. The standard InChI is InChI=1S/C21H26N4O/c22-12-20(14-9-10-14)23-13-16-6-2-4-8-18(16)25-21(26)19-11-15-5-1-3-7-17(15)24-19/h1,3,5,7,11,14,16,18,20,23-24H,2,4,6,8-10,13H2,(H,25,26)/t16-,18+,20?/m1/s1. The van der Waals surface area contributed by atoms with Gasteiger partial charge in [0.25, 0.3) is 5.91 Å². The minimum absolute atomic E-state index is 0.0259. The first-order valence-corrected chi connectivity index (χ1v) is 9.76. The molecule has 5 nitrogen and oxygen atoms in total. The molecule has 1 heterocycles. The Kier molecular flexibility index (Phi) is 4.94. The van der Waals surface area contributed by atoms with E-state index in [0.29, 0.717) is 17.5 Å². The zero-order valence-corrected chi connectivity index (χ0v) is 15.0. The van der Waals surface area contributed by atoms with E-state index in [0.717, 1.165) is 49.6 Å². The predicted molar refractivity (Wildman–Crippen MR) is 102 cm³/mol. The third-order valence-corrected chi connectivity index (χ3v) is 5.83. The van der Waals surface area contributed by atoms with Crippen LogP contribution in [0, 0.1) is 23.2 Å². The molecule has 2 fully saturated rings. The molecule has 3 N–H and O–H groups in total. The number of carbonyl (C=O) groups excluding carboxylic acids is 1. The molecule has 0 saturated heterocycles. The van der Waals surface area contributed by atoms with E-state index in [2.05, 4.69) is 21.7 Å². The van der Waals surface area contributed by atoms with Crippen LogP contribution >= 0.6 is 0 Å². The van der Waals surface area contributed by atoms with Crippen molar-refractivity contribution in [3.8, 4) is 6.07 Å². The molecular weight excluding hydrogens is 324 g/mol. The van der Waals surface area contributed by atoms with Gasteiger partial charge in [-0.1, -0.05) is 31.0 Å². The van der Waals surface area contributed by atoms with Crippen LogP contribution in [0.15, 0.2) is 30.3 Å². The molecule has 0 spiro atoms. The number of amides is 1. The summed E-state index contributed by atoms with van der Waals surface area (Å²) in [6, 6.07) is 12.4. The van der Waals surface area contributed by atoms with Crippen molar-refractivity contribution < 1.29 is 4.79 Å². The van der Waals surface area contributed by atoms with Gasteiger partial charge in [-0.15, -0.1) is 0 Å². The van der Waals surface area contributed by atoms with Crippen molar-refractivity contribution in [2.45, 2.75) is 50.6 Å². The molecular formula is C21H26N4O. The second-order valence-electron chi connectivity index (χ2n) is 7.75. The van der Waals surface area contributed by atoms with Crippen molar-refractivity contribution >= 4 is 16.8 Å². The number of para-hydroxylation sites is 1. The highest BCUT2D eigenvalue weighted by Crippen LogP contribution is 2.33. The Morgan fingerprint density at radius 1 is 1.23 bits per heavy atom. The van der Waals surface area contributed by atoms with Gasteiger partial charge in [0.15, 0.2) is 0 Å². The summed E-state index contributed by atoms with van der Waals surface area (Å²) in [7, 11) is 0. The first-order chi connectivity index (χ1) is 12.7. The van der Waals surface area contributed by atoms with Crippen LogP contribution in [0.4, 0.5) is 0 Å². The van der Waals surface area contributed by atoms with Crippen LogP contribution < -0.4 is 10.6 Å². The third-order valence-electron chi connectivity index (χ3n) is 5.83. The summed E-state index contributed by atoms with van der Waals surface area (Å²) in [5, 5.41) is 17.1. The zero-order chi connectivity index (χ0) is 17.9. The molecule has 1 amide bonds. The van der Waals surface area contributed by atoms with E-state index in [1.165, 1.54) is 6.42 Å². The van der Waals surface area contributed by atoms with Gasteiger partial charge in [0, 0.05) is 23.5 Å². The molecule has 2 aliphatic carbocycles. The van der Waals surface area contributed by atoms with Gasteiger partial charge in [0.05, 0.1) is 12.1 Å². The molecule has 136 valence electrons. The average Bonchev–Trinajstić information content (AvgIpc) is 3.40. The van der Waals surface area contributed by atoms with Crippen molar-refractivity contribution in [1.29, 1.82) is 5.26 Å². The molecule has 4 rings (SSSR count). The quantitative estimate of drug-likeness (QED) is 0.747. The Morgan fingerprint density at radius 3 is 2.81 bits per heavy atom. The van der Waals surface area contributed by atoms with E-state index in [1.54, 1.807) is 0 Å². The van der Waals surface area contributed by atoms with Gasteiger partial charge in [0.2, 0.25) is 0 Å². The molecule has 2 saturated carbocycles. The van der Waals surface area contributed by atoms with Crippen LogP contribution in [-0.4, -0.2) is 29.5 Å². The minimum atomic E-state index is -0.0304. The highest BCUT2D eigenvalue weighted by atomic mass is 16.1. The number of H-pyrrole nitrogens is 1. The molecule has 2 aromatic rings. The Labute approximate surface area is 154 Å². The number of carbonyl (C=O) groups is 1. The lowest BCUT2D eigenvalue weighted by Crippen LogP contribution is -2.47. The number of hydrogen-bond donors (Lipinski definition) is 3. The van der Waals surface area contributed by atoms with Crippen molar-refractivity contribution in [1.82, 2.24) is 15.6 Å². The molecule has 1 aromatic heterocycles. The minimum Gasteiger partial charge on any atom is -0.351 e. The van der Waals surface area contributed by atoms with Crippen LogP contribution in [0.2, 0.25) is 0 Å². The van der Waals surface area contributed by atoms with Gasteiger partial charge in [-0.05, 0) is 49.7 Å². The van der Waals surface area contributed by atoms with E-state index in [-0.39, 0.29) is 18.0 Å². The van der Waals surface area contributed by atoms with Crippen LogP contribution in [0.5, 0.6) is 0 Å². The first-order valence-electron chi connectivity index (χ1n) is 9.76. The van der Waals surface area contributed by atoms with Crippen LogP contribution in [0.1, 0.15) is 49.0 Å². The summed E-state index contributed by atoms with van der Waals surface area (Å²) in [4.78, 5) is 15.9. The highest BCUT2D eigenvalue weighted by Gasteiger charge is 2.33. The van der Waals surface area contributed by atoms with Gasteiger partial charge >= 0.3 is 0 Å². The third kappa shape index (κ3) is 3.76. The zero-order valence-electron chi connectivity index (χ0n) is 15.0. The molecule has 0 bridgehead atoms. The fourth-order valence-electron chi connectivity index (χ4n) is 4.11. The maximum atomic E-state index is 12.7. The van der Waals surface area contributed by atoms with E-state index in [9.17, 15) is 10.1 Å². The maximum absolute atomic E-state index is 12.7. The molecule has 1 unspecified atom stereocenters. The molecule has 3 atom stereocenters. The fraction of sp³-hybridized carbons (Fsp3) is 0.524. The van der Waals surface area contributed by atoms with Gasteiger partial charge in [-0.25, -0.2) is 0 Å². The second-order valence-corrected chi connectivity index (χ2v) is 7.75. The first kappa shape index (κ1) is 17.1. The number of nitrogens with one attached hydrogen (secondary N) is 3.